The Kier molecular flexibility index (Phi) is 10.9. The summed E-state index contributed by atoms with van der Waals surface area (Å²) in [5.74, 6) is 0. The summed E-state index contributed by atoms with van der Waals surface area (Å²) in [6, 6.07) is 21.7. The Hall–Kier alpha value is -0.558. The van der Waals surface area contributed by atoms with E-state index in [9.17, 15) is 0 Å². The molecule has 2 aromatic carbocycles. The Balaban J connectivity index is 2.67. The van der Waals surface area contributed by atoms with Gasteiger partial charge in [0.05, 0.1) is 0 Å². The van der Waals surface area contributed by atoms with Gasteiger partial charge in [0.1, 0.15) is 0 Å². The first-order valence-corrected chi connectivity index (χ1v) is 22.6. The van der Waals surface area contributed by atoms with Crippen LogP contribution in [-0.4, -0.2) is 32.9 Å². The third kappa shape index (κ3) is 7.77. The van der Waals surface area contributed by atoms with Crippen LogP contribution in [0.4, 0.5) is 0 Å². The van der Waals surface area contributed by atoms with Crippen molar-refractivity contribution in [2.24, 2.45) is 0 Å². The van der Waals surface area contributed by atoms with Crippen molar-refractivity contribution >= 4 is 23.1 Å². The Morgan fingerprint density at radius 2 is 0.757 bits per heavy atom. The third-order valence-electron chi connectivity index (χ3n) is 7.83. The predicted octanol–water partition coefficient (Wildman–Crippen LogP) is 11.0. The summed E-state index contributed by atoms with van der Waals surface area (Å²) in [7, 11) is 0. The molecule has 0 atom stereocenters. The Morgan fingerprint density at radius 1 is 0.486 bits per heavy atom. The van der Waals surface area contributed by atoms with E-state index in [1.54, 1.807) is 0 Å². The second-order valence-corrected chi connectivity index (χ2v) is 36.5. The molecule has 2 aromatic rings. The van der Waals surface area contributed by atoms with Gasteiger partial charge in [0.2, 0.25) is 0 Å². The van der Waals surface area contributed by atoms with Crippen LogP contribution in [0.15, 0.2) is 72.8 Å². The molecule has 0 saturated heterocycles. The topological polar surface area (TPSA) is 0 Å². The van der Waals surface area contributed by atoms with Gasteiger partial charge in [-0.1, -0.05) is 0 Å². The van der Waals surface area contributed by atoms with Gasteiger partial charge in [0.15, 0.2) is 0 Å². The molecule has 212 valence electrons. The van der Waals surface area contributed by atoms with Gasteiger partial charge in [-0.2, -0.15) is 0 Å². The molecule has 0 nitrogen and oxygen atoms in total. The van der Waals surface area contributed by atoms with E-state index in [1.807, 2.05) is 0 Å². The first-order valence-electron chi connectivity index (χ1n) is 13.9. The average molecular weight is 633 g/mol. The average Bonchev–Trinajstić information content (AvgIpc) is 2.75. The van der Waals surface area contributed by atoms with Crippen LogP contribution in [0.1, 0.15) is 94.2 Å². The fourth-order valence-corrected chi connectivity index (χ4v) is 55.2. The maximum atomic E-state index is 2.57. The van der Waals surface area contributed by atoms with Crippen molar-refractivity contribution in [2.75, 3.05) is 12.3 Å². The first kappa shape index (κ1) is 32.7. The van der Waals surface area contributed by atoms with Crippen molar-refractivity contribution in [3.8, 4) is 0 Å². The van der Waals surface area contributed by atoms with E-state index < -0.39 is 10.9 Å². The number of rotatable bonds is 8. The third-order valence-corrected chi connectivity index (χ3v) is 48.5. The summed E-state index contributed by atoms with van der Waals surface area (Å²) in [5.41, 5.74) is -1.05. The maximum absolute atomic E-state index is 2.57. The fraction of sp³-hybridized carbons (Fsp3) is 0.529. The molecule has 0 fully saturated rings. The quantitative estimate of drug-likeness (QED) is 0.201. The minimum atomic E-state index is -1.85. The molecule has 0 bridgehead atoms. The molecule has 0 unspecified atom stereocenters. The molecule has 0 aliphatic heterocycles. The fourth-order valence-electron chi connectivity index (χ4n) is 6.07. The van der Waals surface area contributed by atoms with E-state index in [2.05, 4.69) is 168 Å². The van der Waals surface area contributed by atoms with Gasteiger partial charge in [0.25, 0.3) is 0 Å². The molecule has 0 spiro atoms. The van der Waals surface area contributed by atoms with Crippen LogP contribution in [0.3, 0.4) is 0 Å². The standard InChI is InChI=1S/2C17H27P.Pd/c2*1-16(2,3)18(17(4,5)6)14-10-13-15-11-8-7-9-12-15;/h2*7-13H,14H2,1-6H3;/q;;-2/p+2/b2*13-10+;. The van der Waals surface area contributed by atoms with Crippen molar-refractivity contribution in [3.63, 3.8) is 0 Å². The van der Waals surface area contributed by atoms with E-state index in [4.69, 9.17) is 0 Å². The molecule has 3 heteroatoms. The van der Waals surface area contributed by atoms with Crippen LogP contribution in [0.2, 0.25) is 0 Å². The second kappa shape index (κ2) is 12.3. The molecule has 0 aliphatic carbocycles. The number of hydrogen-bond acceptors (Lipinski definition) is 0. The molecule has 0 saturated carbocycles. The van der Waals surface area contributed by atoms with Crippen LogP contribution < -0.4 is 0 Å². The van der Waals surface area contributed by atoms with Gasteiger partial charge in [-0.05, 0) is 0 Å². The van der Waals surface area contributed by atoms with Crippen molar-refractivity contribution in [2.45, 2.75) is 104 Å². The van der Waals surface area contributed by atoms with E-state index in [0.29, 0.717) is 20.6 Å². The Morgan fingerprint density at radius 3 is 1.00 bits per heavy atom. The molecule has 0 radical (unpaired) electrons. The molecule has 0 aromatic heterocycles. The summed E-state index contributed by atoms with van der Waals surface area (Å²) < 4.78 is 0. The van der Waals surface area contributed by atoms with Gasteiger partial charge in [0, 0.05) is 0 Å². The van der Waals surface area contributed by atoms with Crippen LogP contribution >= 0.6 is 10.9 Å². The summed E-state index contributed by atoms with van der Waals surface area (Å²) in [6.45, 7) is 30.9. The Labute approximate surface area is 239 Å². The van der Waals surface area contributed by atoms with Crippen molar-refractivity contribution in [1.29, 1.82) is 0 Å². The molecular weight excluding hydrogens is 577 g/mol. The summed E-state index contributed by atoms with van der Waals surface area (Å²) in [5, 5.41) is 1.27. The van der Waals surface area contributed by atoms with E-state index >= 15 is 0 Å². The number of hydrogen-bond donors (Lipinski definition) is 0. The molecule has 0 aliphatic rings. The summed E-state index contributed by atoms with van der Waals surface area (Å²) in [6.07, 6.45) is 12.4. The van der Waals surface area contributed by atoms with Crippen LogP contribution in [0, 0.1) is 0 Å². The SMILES string of the molecule is CC(C)(C)[PH](C/C=C/c1ccccc1)([Pd][PH](C/C=C/c1ccccc1)(C(C)(C)C)C(C)(C)C)C(C)(C)C. The van der Waals surface area contributed by atoms with Crippen LogP contribution in [-0.2, 0) is 17.0 Å². The molecule has 37 heavy (non-hydrogen) atoms. The van der Waals surface area contributed by atoms with Gasteiger partial charge < -0.3 is 0 Å². The van der Waals surface area contributed by atoms with Crippen LogP contribution in [0.5, 0.6) is 0 Å². The first-order chi connectivity index (χ1) is 16.9. The van der Waals surface area contributed by atoms with Gasteiger partial charge in [-0.25, -0.2) is 0 Å². The summed E-state index contributed by atoms with van der Waals surface area (Å²) >= 11 is 0.774. The van der Waals surface area contributed by atoms with Gasteiger partial charge >= 0.3 is 240 Å². The van der Waals surface area contributed by atoms with E-state index in [1.165, 1.54) is 23.5 Å². The van der Waals surface area contributed by atoms with E-state index in [0.717, 1.165) is 17.0 Å². The monoisotopic (exact) mass is 632 g/mol. The van der Waals surface area contributed by atoms with Crippen LogP contribution in [0.25, 0.3) is 12.2 Å². The molecular formula is C34H56P2Pd. The zero-order valence-electron chi connectivity index (χ0n) is 25.8. The second-order valence-electron chi connectivity index (χ2n) is 14.6. The zero-order valence-corrected chi connectivity index (χ0v) is 29.4. The van der Waals surface area contributed by atoms with Crippen molar-refractivity contribution in [3.05, 3.63) is 83.9 Å². The molecule has 0 N–H and O–H groups in total. The number of allylic oxidation sites excluding steroid dienone is 2. The van der Waals surface area contributed by atoms with Gasteiger partial charge in [-0.3, -0.25) is 0 Å². The molecule has 0 heterocycles. The number of benzene rings is 2. The Bertz CT molecular complexity index is 910. The normalized spacial score (nSPS) is 15.6. The van der Waals surface area contributed by atoms with Crippen molar-refractivity contribution in [1.82, 2.24) is 0 Å². The van der Waals surface area contributed by atoms with E-state index in [-0.39, 0.29) is 0 Å². The minimum absolute atomic E-state index is 0.318. The van der Waals surface area contributed by atoms with Gasteiger partial charge in [-0.15, -0.1) is 0 Å². The zero-order chi connectivity index (χ0) is 28.2. The molecule has 0 amide bonds. The predicted molar refractivity (Wildman–Crippen MR) is 176 cm³/mol. The molecule has 2 rings (SSSR count). The summed E-state index contributed by atoms with van der Waals surface area (Å²) in [4.78, 5) is 0. The van der Waals surface area contributed by atoms with Crippen molar-refractivity contribution < 1.29 is 17.0 Å².